The summed E-state index contributed by atoms with van der Waals surface area (Å²) in [6.45, 7) is 2.42. The van der Waals surface area contributed by atoms with Crippen LogP contribution < -0.4 is 10.5 Å². The van der Waals surface area contributed by atoms with Crippen LogP contribution in [-0.4, -0.2) is 35.5 Å². The van der Waals surface area contributed by atoms with Gasteiger partial charge in [-0.05, 0) is 24.6 Å². The zero-order valence-corrected chi connectivity index (χ0v) is 12.1. The van der Waals surface area contributed by atoms with Crippen LogP contribution in [0.4, 0.5) is 0 Å². The standard InChI is InChI=1S/C12H20N2O4S/c1-9(14-8-12(17-2)18-3)10-5-4-6-11(7-10)19(13,15)16/h4-7,9,12,14H,8H2,1-3H3,(H2,13,15,16). The maximum Gasteiger partial charge on any atom is 0.238 e. The minimum Gasteiger partial charge on any atom is -0.355 e. The summed E-state index contributed by atoms with van der Waals surface area (Å²) in [4.78, 5) is 0.105. The zero-order chi connectivity index (χ0) is 14.5. The lowest BCUT2D eigenvalue weighted by Gasteiger charge is -2.19. The number of hydrogen-bond acceptors (Lipinski definition) is 5. The van der Waals surface area contributed by atoms with E-state index >= 15 is 0 Å². The van der Waals surface area contributed by atoms with Crippen LogP contribution in [0.2, 0.25) is 0 Å². The van der Waals surface area contributed by atoms with Crippen LogP contribution >= 0.6 is 0 Å². The lowest BCUT2D eigenvalue weighted by atomic mass is 10.1. The van der Waals surface area contributed by atoms with Gasteiger partial charge in [0.25, 0.3) is 0 Å². The predicted octanol–water partition coefficient (Wildman–Crippen LogP) is 0.604. The number of sulfonamides is 1. The van der Waals surface area contributed by atoms with E-state index in [4.69, 9.17) is 14.6 Å². The van der Waals surface area contributed by atoms with Crippen LogP contribution in [-0.2, 0) is 19.5 Å². The highest BCUT2D eigenvalue weighted by Crippen LogP contribution is 2.16. The lowest BCUT2D eigenvalue weighted by Crippen LogP contribution is -2.31. The monoisotopic (exact) mass is 288 g/mol. The van der Waals surface area contributed by atoms with Crippen molar-refractivity contribution in [1.82, 2.24) is 5.32 Å². The molecule has 108 valence electrons. The predicted molar refractivity (Wildman–Crippen MR) is 72.0 cm³/mol. The maximum atomic E-state index is 11.3. The summed E-state index contributed by atoms with van der Waals surface area (Å²) in [5.74, 6) is 0. The third kappa shape index (κ3) is 4.88. The molecule has 0 bridgehead atoms. The lowest BCUT2D eigenvalue weighted by molar-refractivity contribution is -0.0997. The molecule has 0 radical (unpaired) electrons. The Morgan fingerprint density at radius 2 is 1.95 bits per heavy atom. The van der Waals surface area contributed by atoms with Crippen LogP contribution in [0.25, 0.3) is 0 Å². The number of ether oxygens (including phenoxy) is 2. The first-order valence-electron chi connectivity index (χ1n) is 5.80. The molecule has 0 saturated heterocycles. The molecule has 0 aliphatic heterocycles. The highest BCUT2D eigenvalue weighted by molar-refractivity contribution is 7.89. The van der Waals surface area contributed by atoms with Gasteiger partial charge in [0.1, 0.15) is 0 Å². The quantitative estimate of drug-likeness (QED) is 0.717. The molecule has 0 aliphatic carbocycles. The van der Waals surface area contributed by atoms with Gasteiger partial charge in [-0.2, -0.15) is 0 Å². The molecule has 0 amide bonds. The summed E-state index contributed by atoms with van der Waals surface area (Å²) in [6, 6.07) is 6.48. The Bertz CT molecular complexity index is 500. The number of methoxy groups -OCH3 is 2. The second-order valence-corrected chi connectivity index (χ2v) is 5.71. The van der Waals surface area contributed by atoms with E-state index in [2.05, 4.69) is 5.32 Å². The van der Waals surface area contributed by atoms with Crippen LogP contribution in [0.5, 0.6) is 0 Å². The average Bonchev–Trinajstić information content (AvgIpc) is 2.39. The third-order valence-electron chi connectivity index (χ3n) is 2.80. The second kappa shape index (κ2) is 6.97. The SMILES string of the molecule is COC(CNC(C)c1cccc(S(N)(=O)=O)c1)OC. The van der Waals surface area contributed by atoms with Crippen molar-refractivity contribution in [2.24, 2.45) is 5.14 Å². The summed E-state index contributed by atoms with van der Waals surface area (Å²) < 4.78 is 32.7. The maximum absolute atomic E-state index is 11.3. The fourth-order valence-electron chi connectivity index (χ4n) is 1.61. The molecule has 1 aromatic carbocycles. The average molecular weight is 288 g/mol. The highest BCUT2D eigenvalue weighted by Gasteiger charge is 2.13. The van der Waals surface area contributed by atoms with Crippen LogP contribution in [0.15, 0.2) is 29.2 Å². The molecule has 7 heteroatoms. The van der Waals surface area contributed by atoms with Gasteiger partial charge in [-0.3, -0.25) is 0 Å². The highest BCUT2D eigenvalue weighted by atomic mass is 32.2. The summed E-state index contributed by atoms with van der Waals surface area (Å²) in [5.41, 5.74) is 0.831. The topological polar surface area (TPSA) is 90.6 Å². The Labute approximate surface area is 113 Å². The minimum absolute atomic E-state index is 0.0468. The number of nitrogens with two attached hydrogens (primary N) is 1. The van der Waals surface area contributed by atoms with Gasteiger partial charge < -0.3 is 14.8 Å². The summed E-state index contributed by atoms with van der Waals surface area (Å²) in [6.07, 6.45) is -0.344. The van der Waals surface area contributed by atoms with Crippen molar-refractivity contribution in [3.05, 3.63) is 29.8 Å². The van der Waals surface area contributed by atoms with Crippen molar-refractivity contribution in [2.45, 2.75) is 24.2 Å². The van der Waals surface area contributed by atoms with Crippen LogP contribution in [0, 0.1) is 0 Å². The van der Waals surface area contributed by atoms with Gasteiger partial charge in [0.2, 0.25) is 10.0 Å². The van der Waals surface area contributed by atoms with E-state index < -0.39 is 10.0 Å². The molecule has 0 spiro atoms. The van der Waals surface area contributed by atoms with Crippen LogP contribution in [0.1, 0.15) is 18.5 Å². The smallest absolute Gasteiger partial charge is 0.238 e. The van der Waals surface area contributed by atoms with Gasteiger partial charge in [0, 0.05) is 26.8 Å². The van der Waals surface area contributed by atoms with E-state index in [0.717, 1.165) is 5.56 Å². The molecule has 19 heavy (non-hydrogen) atoms. The molecule has 1 unspecified atom stereocenters. The molecule has 3 N–H and O–H groups in total. The fourth-order valence-corrected chi connectivity index (χ4v) is 2.18. The Kier molecular flexibility index (Phi) is 5.89. The Hall–Kier alpha value is -0.990. The number of nitrogens with one attached hydrogen (secondary N) is 1. The van der Waals surface area contributed by atoms with E-state index in [1.165, 1.54) is 6.07 Å². The van der Waals surface area contributed by atoms with E-state index in [0.29, 0.717) is 6.54 Å². The van der Waals surface area contributed by atoms with Crippen molar-refractivity contribution >= 4 is 10.0 Å². The minimum atomic E-state index is -3.68. The van der Waals surface area contributed by atoms with E-state index in [1.54, 1.807) is 26.4 Å². The van der Waals surface area contributed by atoms with Crippen molar-refractivity contribution in [3.63, 3.8) is 0 Å². The Morgan fingerprint density at radius 1 is 1.32 bits per heavy atom. The zero-order valence-electron chi connectivity index (χ0n) is 11.3. The first kappa shape index (κ1) is 16.1. The van der Waals surface area contributed by atoms with Crippen molar-refractivity contribution in [3.8, 4) is 0 Å². The first-order chi connectivity index (χ1) is 8.88. The van der Waals surface area contributed by atoms with Crippen molar-refractivity contribution in [1.29, 1.82) is 0 Å². The van der Waals surface area contributed by atoms with Gasteiger partial charge in [0.05, 0.1) is 4.90 Å². The van der Waals surface area contributed by atoms with Gasteiger partial charge in [-0.25, -0.2) is 13.6 Å². The molecule has 0 heterocycles. The molecule has 0 fully saturated rings. The van der Waals surface area contributed by atoms with Crippen molar-refractivity contribution in [2.75, 3.05) is 20.8 Å². The van der Waals surface area contributed by atoms with Gasteiger partial charge in [0.15, 0.2) is 6.29 Å². The van der Waals surface area contributed by atoms with Gasteiger partial charge in [-0.1, -0.05) is 12.1 Å². The molecule has 0 aromatic heterocycles. The van der Waals surface area contributed by atoms with E-state index in [1.807, 2.05) is 13.0 Å². The van der Waals surface area contributed by atoms with Crippen molar-refractivity contribution < 1.29 is 17.9 Å². The molecule has 6 nitrogen and oxygen atoms in total. The molecular formula is C12H20N2O4S. The number of primary sulfonamides is 1. The summed E-state index contributed by atoms with van der Waals surface area (Å²) >= 11 is 0. The van der Waals surface area contributed by atoms with Gasteiger partial charge >= 0.3 is 0 Å². The number of benzene rings is 1. The normalized spacial score (nSPS) is 13.7. The Morgan fingerprint density at radius 3 is 2.47 bits per heavy atom. The Balaban J connectivity index is 2.75. The first-order valence-corrected chi connectivity index (χ1v) is 7.35. The second-order valence-electron chi connectivity index (χ2n) is 4.15. The molecule has 1 atom stereocenters. The molecular weight excluding hydrogens is 268 g/mol. The number of rotatable bonds is 7. The largest absolute Gasteiger partial charge is 0.355 e. The van der Waals surface area contributed by atoms with Crippen LogP contribution in [0.3, 0.4) is 0 Å². The summed E-state index contributed by atoms with van der Waals surface area (Å²) in [5, 5.41) is 8.30. The van der Waals surface area contributed by atoms with Gasteiger partial charge in [-0.15, -0.1) is 0 Å². The van der Waals surface area contributed by atoms with E-state index in [-0.39, 0.29) is 17.2 Å². The molecule has 0 aliphatic rings. The van der Waals surface area contributed by atoms with E-state index in [9.17, 15) is 8.42 Å². The third-order valence-corrected chi connectivity index (χ3v) is 3.71. The number of hydrogen-bond donors (Lipinski definition) is 2. The molecule has 1 rings (SSSR count). The fraction of sp³-hybridized carbons (Fsp3) is 0.500. The molecule has 0 saturated carbocycles. The summed E-state index contributed by atoms with van der Waals surface area (Å²) in [7, 11) is -0.561. The molecule has 1 aromatic rings.